The average molecular weight is 333 g/mol. The number of hydrogen-bond acceptors (Lipinski definition) is 2. The number of benzene rings is 2. The van der Waals surface area contributed by atoms with E-state index in [1.165, 1.54) is 5.56 Å². The quantitative estimate of drug-likeness (QED) is 0.896. The maximum Gasteiger partial charge on any atom is 0.241 e. The van der Waals surface area contributed by atoms with Gasteiger partial charge in [0.25, 0.3) is 0 Å². The largest absolute Gasteiger partial charge is 0.350 e. The lowest BCUT2D eigenvalue weighted by Crippen LogP contribution is -2.33. The van der Waals surface area contributed by atoms with Crippen LogP contribution in [0.4, 0.5) is 0 Å². The Bertz CT molecular complexity index is 618. The Hall–Kier alpha value is -1.84. The summed E-state index contributed by atoms with van der Waals surface area (Å²) in [7, 11) is 0. The molecule has 0 saturated heterocycles. The van der Waals surface area contributed by atoms with Gasteiger partial charge >= 0.3 is 0 Å². The van der Waals surface area contributed by atoms with Crippen LogP contribution in [-0.2, 0) is 16.8 Å². The molecule has 2 aromatic rings. The number of carbonyl (C=O) groups is 1. The third-order valence-electron chi connectivity index (χ3n) is 3.73. The predicted octanol–water partition coefficient (Wildman–Crippen LogP) is 3.72. The zero-order valence-electron chi connectivity index (χ0n) is 13.9. The molecule has 0 saturated carbocycles. The molecule has 0 aliphatic heterocycles. The Kier molecular flexibility index (Phi) is 6.79. The zero-order valence-corrected chi connectivity index (χ0v) is 14.7. The van der Waals surface area contributed by atoms with Crippen molar-refractivity contribution in [3.05, 3.63) is 71.3 Å². The summed E-state index contributed by atoms with van der Waals surface area (Å²) >= 11 is 0. The molecule has 0 spiro atoms. The molecule has 0 aliphatic rings. The van der Waals surface area contributed by atoms with Gasteiger partial charge in [-0.05, 0) is 22.1 Å². The van der Waals surface area contributed by atoms with Gasteiger partial charge in [0.05, 0.1) is 0 Å². The SMILES string of the molecule is CC(C)(C)c1ccc(CNC(=O)C(N)c2ccccc2)cc1.Cl. The molecule has 0 heterocycles. The minimum absolute atomic E-state index is 0. The molecule has 0 radical (unpaired) electrons. The second kappa shape index (κ2) is 8.14. The second-order valence-corrected chi connectivity index (χ2v) is 6.55. The number of carbonyl (C=O) groups excluding carboxylic acids is 1. The summed E-state index contributed by atoms with van der Waals surface area (Å²) in [6, 6.07) is 17.1. The van der Waals surface area contributed by atoms with Crippen LogP contribution in [0.25, 0.3) is 0 Å². The lowest BCUT2D eigenvalue weighted by molar-refractivity contribution is -0.122. The standard InChI is InChI=1S/C19H24N2O.ClH/c1-19(2,3)16-11-9-14(10-12-16)13-21-18(22)17(20)15-7-5-4-6-8-15;/h4-12,17H,13,20H2,1-3H3,(H,21,22);1H. The van der Waals surface area contributed by atoms with Gasteiger partial charge in [-0.15, -0.1) is 12.4 Å². The van der Waals surface area contributed by atoms with Crippen LogP contribution in [0.5, 0.6) is 0 Å². The number of rotatable bonds is 4. The molecule has 4 heteroatoms. The highest BCUT2D eigenvalue weighted by Crippen LogP contribution is 2.22. The number of amides is 1. The molecule has 124 valence electrons. The van der Waals surface area contributed by atoms with Crippen molar-refractivity contribution in [3.8, 4) is 0 Å². The van der Waals surface area contributed by atoms with Crippen LogP contribution in [0.2, 0.25) is 0 Å². The van der Waals surface area contributed by atoms with E-state index in [0.717, 1.165) is 11.1 Å². The van der Waals surface area contributed by atoms with Crippen LogP contribution >= 0.6 is 12.4 Å². The molecule has 0 aliphatic carbocycles. The fourth-order valence-corrected chi connectivity index (χ4v) is 2.23. The molecule has 3 nitrogen and oxygen atoms in total. The van der Waals surface area contributed by atoms with Crippen LogP contribution in [-0.4, -0.2) is 5.91 Å². The van der Waals surface area contributed by atoms with Crippen LogP contribution in [0.15, 0.2) is 54.6 Å². The van der Waals surface area contributed by atoms with Gasteiger partial charge in [0.15, 0.2) is 0 Å². The predicted molar refractivity (Wildman–Crippen MR) is 97.6 cm³/mol. The normalized spacial score (nSPS) is 12.2. The van der Waals surface area contributed by atoms with Crippen molar-refractivity contribution in [2.45, 2.75) is 38.8 Å². The first-order chi connectivity index (χ1) is 10.4. The maximum atomic E-state index is 12.1. The molecule has 0 fully saturated rings. The minimum Gasteiger partial charge on any atom is -0.350 e. The third-order valence-corrected chi connectivity index (χ3v) is 3.73. The number of hydrogen-bond donors (Lipinski definition) is 2. The first kappa shape index (κ1) is 19.2. The topological polar surface area (TPSA) is 55.1 Å². The first-order valence-corrected chi connectivity index (χ1v) is 7.55. The van der Waals surface area contributed by atoms with Gasteiger partial charge in [-0.3, -0.25) is 4.79 Å². The summed E-state index contributed by atoms with van der Waals surface area (Å²) in [6.07, 6.45) is 0. The zero-order chi connectivity index (χ0) is 16.2. The monoisotopic (exact) mass is 332 g/mol. The highest BCUT2D eigenvalue weighted by atomic mass is 35.5. The van der Waals surface area contributed by atoms with Gasteiger partial charge in [0, 0.05) is 6.54 Å². The van der Waals surface area contributed by atoms with Gasteiger partial charge in [-0.2, -0.15) is 0 Å². The number of nitrogens with two attached hydrogens (primary N) is 1. The molecule has 2 aromatic carbocycles. The summed E-state index contributed by atoms with van der Waals surface area (Å²) in [4.78, 5) is 12.1. The summed E-state index contributed by atoms with van der Waals surface area (Å²) in [6.45, 7) is 7.04. The maximum absolute atomic E-state index is 12.1. The second-order valence-electron chi connectivity index (χ2n) is 6.55. The highest BCUT2D eigenvalue weighted by Gasteiger charge is 2.15. The van der Waals surface area contributed by atoms with Crippen LogP contribution in [0, 0.1) is 0 Å². The molecule has 3 N–H and O–H groups in total. The molecule has 23 heavy (non-hydrogen) atoms. The summed E-state index contributed by atoms with van der Waals surface area (Å²) in [5, 5.41) is 2.89. The van der Waals surface area contributed by atoms with Gasteiger partial charge < -0.3 is 11.1 Å². The number of nitrogens with one attached hydrogen (secondary N) is 1. The van der Waals surface area contributed by atoms with Crippen molar-refractivity contribution in [1.82, 2.24) is 5.32 Å². The molecule has 1 atom stereocenters. The summed E-state index contributed by atoms with van der Waals surface area (Å²) < 4.78 is 0. The van der Waals surface area contributed by atoms with E-state index in [2.05, 4.69) is 50.4 Å². The summed E-state index contributed by atoms with van der Waals surface area (Å²) in [5.41, 5.74) is 9.28. The third kappa shape index (κ3) is 5.38. The first-order valence-electron chi connectivity index (χ1n) is 7.55. The number of halogens is 1. The van der Waals surface area contributed by atoms with Crippen molar-refractivity contribution in [2.24, 2.45) is 5.73 Å². The van der Waals surface area contributed by atoms with E-state index in [1.807, 2.05) is 30.3 Å². The molecular weight excluding hydrogens is 308 g/mol. The molecule has 0 aromatic heterocycles. The molecule has 1 amide bonds. The minimum atomic E-state index is -0.630. The Morgan fingerprint density at radius 3 is 2.13 bits per heavy atom. The van der Waals surface area contributed by atoms with Crippen LogP contribution in [0.3, 0.4) is 0 Å². The average Bonchev–Trinajstić information content (AvgIpc) is 2.52. The van der Waals surface area contributed by atoms with Crippen molar-refractivity contribution < 1.29 is 4.79 Å². The van der Waals surface area contributed by atoms with E-state index in [1.54, 1.807) is 0 Å². The van der Waals surface area contributed by atoms with Gasteiger partial charge in [0.2, 0.25) is 5.91 Å². The fraction of sp³-hybridized carbons (Fsp3) is 0.316. The van der Waals surface area contributed by atoms with Gasteiger partial charge in [0.1, 0.15) is 6.04 Å². The lowest BCUT2D eigenvalue weighted by atomic mass is 9.87. The fourth-order valence-electron chi connectivity index (χ4n) is 2.23. The van der Waals surface area contributed by atoms with Crippen LogP contribution in [0.1, 0.15) is 43.5 Å². The Morgan fingerprint density at radius 1 is 1.04 bits per heavy atom. The van der Waals surface area contributed by atoms with Gasteiger partial charge in [-0.1, -0.05) is 75.4 Å². The highest BCUT2D eigenvalue weighted by molar-refractivity contribution is 5.85. The molecule has 2 rings (SSSR count). The van der Waals surface area contributed by atoms with E-state index >= 15 is 0 Å². The van der Waals surface area contributed by atoms with E-state index < -0.39 is 6.04 Å². The molecule has 0 bridgehead atoms. The summed E-state index contributed by atoms with van der Waals surface area (Å²) in [5.74, 6) is -0.161. The van der Waals surface area contributed by atoms with E-state index in [4.69, 9.17) is 5.73 Å². The Morgan fingerprint density at radius 2 is 1.61 bits per heavy atom. The van der Waals surface area contributed by atoms with E-state index in [-0.39, 0.29) is 23.7 Å². The smallest absolute Gasteiger partial charge is 0.241 e. The Labute approximate surface area is 144 Å². The molecular formula is C19H25ClN2O. The van der Waals surface area contributed by atoms with Gasteiger partial charge in [-0.25, -0.2) is 0 Å². The lowest BCUT2D eigenvalue weighted by Gasteiger charge is -2.19. The van der Waals surface area contributed by atoms with E-state index in [0.29, 0.717) is 6.54 Å². The molecule has 1 unspecified atom stereocenters. The van der Waals surface area contributed by atoms with E-state index in [9.17, 15) is 4.79 Å². The van der Waals surface area contributed by atoms with Crippen molar-refractivity contribution >= 4 is 18.3 Å². The van der Waals surface area contributed by atoms with Crippen LogP contribution < -0.4 is 11.1 Å². The Balaban J connectivity index is 0.00000264. The van der Waals surface area contributed by atoms with Crippen molar-refractivity contribution in [3.63, 3.8) is 0 Å². The van der Waals surface area contributed by atoms with Crippen molar-refractivity contribution in [2.75, 3.05) is 0 Å². The van der Waals surface area contributed by atoms with Crippen molar-refractivity contribution in [1.29, 1.82) is 0 Å².